The molecule has 0 atom stereocenters. The molecule has 1 fully saturated rings. The first-order valence-electron chi connectivity index (χ1n) is 8.95. The van der Waals surface area contributed by atoms with Gasteiger partial charge in [-0.1, -0.05) is 51.5 Å². The maximum absolute atomic E-state index is 12.5. The van der Waals surface area contributed by atoms with Crippen LogP contribution in [0.25, 0.3) is 6.08 Å². The third kappa shape index (κ3) is 5.54. The minimum atomic E-state index is -0.0742. The van der Waals surface area contributed by atoms with Crippen LogP contribution in [-0.4, -0.2) is 34.9 Å². The number of likely N-dealkylation sites (N-methyl/N-ethyl adjacent to an activating group) is 1. The van der Waals surface area contributed by atoms with Crippen LogP contribution in [0.1, 0.15) is 18.1 Å². The first-order valence-corrected chi connectivity index (χ1v) is 11.3. The number of ether oxygens (including phenoxy) is 2. The minimum absolute atomic E-state index is 0.0742. The van der Waals surface area contributed by atoms with Crippen LogP contribution in [0.2, 0.25) is 5.02 Å². The predicted molar refractivity (Wildman–Crippen MR) is 127 cm³/mol. The lowest BCUT2D eigenvalue weighted by molar-refractivity contribution is -0.121. The van der Waals surface area contributed by atoms with Gasteiger partial charge in [-0.3, -0.25) is 9.69 Å². The van der Waals surface area contributed by atoms with Crippen LogP contribution in [0.5, 0.6) is 11.5 Å². The molecule has 3 rings (SSSR count). The molecule has 8 heteroatoms. The van der Waals surface area contributed by atoms with Crippen LogP contribution in [0, 0.1) is 6.92 Å². The fourth-order valence-electron chi connectivity index (χ4n) is 2.70. The van der Waals surface area contributed by atoms with Crippen molar-refractivity contribution in [1.82, 2.24) is 4.90 Å². The van der Waals surface area contributed by atoms with Crippen LogP contribution < -0.4 is 9.47 Å². The Morgan fingerprint density at radius 3 is 2.66 bits per heavy atom. The number of carbonyl (C=O) groups is 1. The lowest BCUT2D eigenvalue weighted by Gasteiger charge is -2.12. The number of hydrogen-bond acceptors (Lipinski definition) is 5. The SMILES string of the molecule is CCN1C(=O)/C(=C/c2cc(Br)ccc2OCCOc2ccc(Cl)c(C)c2)SC1=S. The predicted octanol–water partition coefficient (Wildman–Crippen LogP) is 6.09. The molecule has 29 heavy (non-hydrogen) atoms. The van der Waals surface area contributed by atoms with Gasteiger partial charge in [0.15, 0.2) is 0 Å². The molecule has 1 amide bonds. The highest BCUT2D eigenvalue weighted by molar-refractivity contribution is 9.10. The van der Waals surface area contributed by atoms with Crippen molar-refractivity contribution in [3.05, 3.63) is 61.9 Å². The summed E-state index contributed by atoms with van der Waals surface area (Å²) in [4.78, 5) is 14.7. The average molecular weight is 513 g/mol. The molecule has 0 spiro atoms. The third-order valence-corrected chi connectivity index (χ3v) is 6.48. The molecule has 0 N–H and O–H groups in total. The molecule has 4 nitrogen and oxygen atoms in total. The average Bonchev–Trinajstić information content (AvgIpc) is 2.95. The summed E-state index contributed by atoms with van der Waals surface area (Å²) in [7, 11) is 0. The first kappa shape index (κ1) is 22.2. The summed E-state index contributed by atoms with van der Waals surface area (Å²) in [5, 5.41) is 0.710. The number of carbonyl (C=O) groups excluding carboxylic acids is 1. The summed E-state index contributed by atoms with van der Waals surface area (Å²) in [6.07, 6.45) is 1.82. The zero-order chi connectivity index (χ0) is 21.0. The fraction of sp³-hybridized carbons (Fsp3) is 0.238. The molecule has 0 radical (unpaired) electrons. The number of rotatable bonds is 7. The maximum Gasteiger partial charge on any atom is 0.266 e. The number of nitrogens with zero attached hydrogens (tertiary/aromatic N) is 1. The van der Waals surface area contributed by atoms with Crippen molar-refractivity contribution in [3.8, 4) is 11.5 Å². The fourth-order valence-corrected chi connectivity index (χ4v) is 4.57. The van der Waals surface area contributed by atoms with E-state index >= 15 is 0 Å². The highest BCUT2D eigenvalue weighted by Crippen LogP contribution is 2.35. The number of aryl methyl sites for hydroxylation is 1. The van der Waals surface area contributed by atoms with Crippen molar-refractivity contribution in [1.29, 1.82) is 0 Å². The molecule has 1 aliphatic heterocycles. The van der Waals surface area contributed by atoms with E-state index in [0.29, 0.717) is 39.8 Å². The van der Waals surface area contributed by atoms with Gasteiger partial charge in [0, 0.05) is 21.6 Å². The maximum atomic E-state index is 12.5. The van der Waals surface area contributed by atoms with Crippen LogP contribution in [0.4, 0.5) is 0 Å². The van der Waals surface area contributed by atoms with Crippen LogP contribution >= 0.6 is 51.5 Å². The van der Waals surface area contributed by atoms with E-state index in [2.05, 4.69) is 15.9 Å². The van der Waals surface area contributed by atoms with E-state index in [0.717, 1.165) is 21.3 Å². The van der Waals surface area contributed by atoms with E-state index < -0.39 is 0 Å². The second-order valence-corrected chi connectivity index (χ2v) is 9.21. The number of thioether (sulfide) groups is 1. The molecule has 1 saturated heterocycles. The molecular weight excluding hydrogens is 494 g/mol. The standard InChI is InChI=1S/C21H19BrClNO3S2/c1-3-24-20(25)19(29-21(24)28)12-14-11-15(22)4-7-18(14)27-9-8-26-16-5-6-17(23)13(2)10-16/h4-7,10-12H,3,8-9H2,1-2H3/b19-12-. The first-order chi connectivity index (χ1) is 13.9. The Balaban J connectivity index is 1.67. The Kier molecular flexibility index (Phi) is 7.62. The lowest BCUT2D eigenvalue weighted by Crippen LogP contribution is -2.27. The van der Waals surface area contributed by atoms with Gasteiger partial charge in [-0.05, 0) is 61.9 Å². The van der Waals surface area contributed by atoms with Gasteiger partial charge in [-0.25, -0.2) is 0 Å². The van der Waals surface area contributed by atoms with Crippen LogP contribution in [0.15, 0.2) is 45.8 Å². The minimum Gasteiger partial charge on any atom is -0.490 e. The Bertz CT molecular complexity index is 980. The summed E-state index contributed by atoms with van der Waals surface area (Å²) < 4.78 is 13.1. The third-order valence-electron chi connectivity index (χ3n) is 4.19. The molecule has 2 aromatic rings. The number of halogens is 2. The van der Waals surface area contributed by atoms with Gasteiger partial charge in [0.05, 0.1) is 4.91 Å². The molecule has 1 heterocycles. The van der Waals surface area contributed by atoms with Gasteiger partial charge in [0.1, 0.15) is 29.0 Å². The van der Waals surface area contributed by atoms with Crippen molar-refractivity contribution in [2.75, 3.05) is 19.8 Å². The zero-order valence-electron chi connectivity index (χ0n) is 15.9. The van der Waals surface area contributed by atoms with E-state index in [1.54, 1.807) is 4.90 Å². The van der Waals surface area contributed by atoms with Crippen molar-refractivity contribution in [3.63, 3.8) is 0 Å². The number of benzene rings is 2. The highest BCUT2D eigenvalue weighted by Gasteiger charge is 2.30. The molecular formula is C21H19BrClNO3S2. The number of amides is 1. The molecule has 1 aliphatic rings. The second-order valence-electron chi connectivity index (χ2n) is 6.22. The Morgan fingerprint density at radius 2 is 1.97 bits per heavy atom. The summed E-state index contributed by atoms with van der Waals surface area (Å²) in [5.74, 6) is 1.34. The molecule has 0 bridgehead atoms. The molecule has 152 valence electrons. The molecule has 0 saturated carbocycles. The normalized spacial score (nSPS) is 15.3. The molecule has 0 aromatic heterocycles. The second kappa shape index (κ2) is 9.98. The summed E-state index contributed by atoms with van der Waals surface area (Å²) in [6, 6.07) is 11.2. The molecule has 2 aromatic carbocycles. The van der Waals surface area contributed by atoms with Crippen molar-refractivity contribution >= 4 is 67.8 Å². The Morgan fingerprint density at radius 1 is 1.21 bits per heavy atom. The topological polar surface area (TPSA) is 38.8 Å². The molecule has 0 aliphatic carbocycles. The zero-order valence-corrected chi connectivity index (χ0v) is 19.9. The van der Waals surface area contributed by atoms with E-state index in [4.69, 9.17) is 33.3 Å². The van der Waals surface area contributed by atoms with Gasteiger partial charge in [-0.2, -0.15) is 0 Å². The number of thiocarbonyl (C=S) groups is 1. The summed E-state index contributed by atoms with van der Waals surface area (Å²) in [5.41, 5.74) is 1.77. The smallest absolute Gasteiger partial charge is 0.266 e. The summed E-state index contributed by atoms with van der Waals surface area (Å²) in [6.45, 7) is 5.14. The van der Waals surface area contributed by atoms with Crippen molar-refractivity contribution in [2.24, 2.45) is 0 Å². The van der Waals surface area contributed by atoms with Crippen molar-refractivity contribution in [2.45, 2.75) is 13.8 Å². The van der Waals surface area contributed by atoms with Crippen LogP contribution in [-0.2, 0) is 4.79 Å². The lowest BCUT2D eigenvalue weighted by atomic mass is 10.2. The molecule has 0 unspecified atom stereocenters. The van der Waals surface area contributed by atoms with Gasteiger partial charge in [0.2, 0.25) is 0 Å². The largest absolute Gasteiger partial charge is 0.490 e. The van der Waals surface area contributed by atoms with Crippen molar-refractivity contribution < 1.29 is 14.3 Å². The van der Waals surface area contributed by atoms with E-state index in [-0.39, 0.29) is 5.91 Å². The van der Waals surface area contributed by atoms with Gasteiger partial charge >= 0.3 is 0 Å². The number of hydrogen-bond donors (Lipinski definition) is 0. The Labute approximate surface area is 193 Å². The van der Waals surface area contributed by atoms with Crippen LogP contribution in [0.3, 0.4) is 0 Å². The van der Waals surface area contributed by atoms with E-state index in [9.17, 15) is 4.79 Å². The highest BCUT2D eigenvalue weighted by atomic mass is 79.9. The summed E-state index contributed by atoms with van der Waals surface area (Å²) >= 11 is 16.1. The Hall–Kier alpha value is -1.54. The quantitative estimate of drug-likeness (QED) is 0.255. The van der Waals surface area contributed by atoms with E-state index in [1.807, 2.05) is 56.3 Å². The van der Waals surface area contributed by atoms with Gasteiger partial charge < -0.3 is 9.47 Å². The monoisotopic (exact) mass is 511 g/mol. The van der Waals surface area contributed by atoms with Gasteiger partial charge in [0.25, 0.3) is 5.91 Å². The van der Waals surface area contributed by atoms with E-state index in [1.165, 1.54) is 11.8 Å². The van der Waals surface area contributed by atoms with Gasteiger partial charge in [-0.15, -0.1) is 0 Å².